The molecule has 0 saturated carbocycles. The van der Waals surface area contributed by atoms with E-state index in [9.17, 15) is 9.50 Å². The minimum absolute atomic E-state index is 0.444. The van der Waals surface area contributed by atoms with Gasteiger partial charge in [0.1, 0.15) is 5.60 Å². The third-order valence-corrected chi connectivity index (χ3v) is 2.62. The summed E-state index contributed by atoms with van der Waals surface area (Å²) in [6.45, 7) is 1.49. The molecular weight excluding hydrogens is 183 g/mol. The maximum atomic E-state index is 12.9. The lowest BCUT2D eigenvalue weighted by Crippen LogP contribution is -2.40. The molecule has 4 heteroatoms. The standard InChI is InChI=1S/C10H13FN2O/c11-9-3-1-2-8(13-9)10(14)4-6-12-7-5-10/h1-3,12,14H,4-7H2. The Labute approximate surface area is 82.0 Å². The molecule has 2 heterocycles. The van der Waals surface area contributed by atoms with Gasteiger partial charge in [0.15, 0.2) is 0 Å². The molecule has 0 bridgehead atoms. The summed E-state index contributed by atoms with van der Waals surface area (Å²) in [6, 6.07) is 4.54. The van der Waals surface area contributed by atoms with E-state index in [0.717, 1.165) is 13.1 Å². The Morgan fingerprint density at radius 2 is 2.07 bits per heavy atom. The van der Waals surface area contributed by atoms with Crippen molar-refractivity contribution in [2.24, 2.45) is 0 Å². The van der Waals surface area contributed by atoms with E-state index in [4.69, 9.17) is 0 Å². The van der Waals surface area contributed by atoms with Crippen molar-refractivity contribution in [1.29, 1.82) is 0 Å². The Morgan fingerprint density at radius 3 is 2.71 bits per heavy atom. The minimum Gasteiger partial charge on any atom is -0.383 e. The van der Waals surface area contributed by atoms with Crippen LogP contribution >= 0.6 is 0 Å². The maximum absolute atomic E-state index is 12.9. The average molecular weight is 196 g/mol. The Morgan fingerprint density at radius 1 is 1.36 bits per heavy atom. The number of hydrogen-bond donors (Lipinski definition) is 2. The number of nitrogens with one attached hydrogen (secondary N) is 1. The molecule has 1 fully saturated rings. The van der Waals surface area contributed by atoms with Gasteiger partial charge in [0, 0.05) is 0 Å². The highest BCUT2D eigenvalue weighted by molar-refractivity contribution is 5.14. The van der Waals surface area contributed by atoms with Crippen molar-refractivity contribution >= 4 is 0 Å². The topological polar surface area (TPSA) is 45.2 Å². The molecule has 2 rings (SSSR count). The number of aliphatic hydroxyl groups is 1. The first-order valence-corrected chi connectivity index (χ1v) is 4.77. The van der Waals surface area contributed by atoms with E-state index in [1.54, 1.807) is 12.1 Å². The Hall–Kier alpha value is -1.00. The van der Waals surface area contributed by atoms with Crippen LogP contribution in [0.4, 0.5) is 4.39 Å². The van der Waals surface area contributed by atoms with Gasteiger partial charge in [-0.2, -0.15) is 4.39 Å². The summed E-state index contributed by atoms with van der Waals surface area (Å²) in [5.74, 6) is -0.533. The van der Waals surface area contributed by atoms with Crippen LogP contribution in [0.2, 0.25) is 0 Å². The molecule has 76 valence electrons. The molecular formula is C10H13FN2O. The van der Waals surface area contributed by atoms with Crippen LogP contribution in [0.1, 0.15) is 18.5 Å². The lowest BCUT2D eigenvalue weighted by atomic mass is 9.89. The third-order valence-electron chi connectivity index (χ3n) is 2.62. The second kappa shape index (κ2) is 3.63. The molecule has 0 unspecified atom stereocenters. The molecule has 0 aliphatic carbocycles. The largest absolute Gasteiger partial charge is 0.383 e. The zero-order valence-corrected chi connectivity index (χ0v) is 7.83. The van der Waals surface area contributed by atoms with Gasteiger partial charge in [0.05, 0.1) is 5.69 Å². The highest BCUT2D eigenvalue weighted by Gasteiger charge is 2.32. The zero-order chi connectivity index (χ0) is 10.0. The van der Waals surface area contributed by atoms with E-state index in [1.165, 1.54) is 6.07 Å². The summed E-state index contributed by atoms with van der Waals surface area (Å²) in [7, 11) is 0. The van der Waals surface area contributed by atoms with E-state index >= 15 is 0 Å². The van der Waals surface area contributed by atoms with Gasteiger partial charge in [0.25, 0.3) is 0 Å². The van der Waals surface area contributed by atoms with Gasteiger partial charge in [-0.3, -0.25) is 0 Å². The first-order chi connectivity index (χ1) is 6.71. The number of hydrogen-bond acceptors (Lipinski definition) is 3. The quantitative estimate of drug-likeness (QED) is 0.653. The van der Waals surface area contributed by atoms with Crippen molar-refractivity contribution in [2.45, 2.75) is 18.4 Å². The Bertz CT molecular complexity index is 324. The Balaban J connectivity index is 2.28. The maximum Gasteiger partial charge on any atom is 0.213 e. The number of piperidine rings is 1. The fourth-order valence-electron chi connectivity index (χ4n) is 1.76. The second-order valence-corrected chi connectivity index (χ2v) is 3.63. The monoisotopic (exact) mass is 196 g/mol. The lowest BCUT2D eigenvalue weighted by molar-refractivity contribution is 0.00120. The van der Waals surface area contributed by atoms with Crippen LogP contribution in [0.15, 0.2) is 18.2 Å². The normalized spacial score (nSPS) is 20.7. The summed E-state index contributed by atoms with van der Waals surface area (Å²) in [5.41, 5.74) is -0.508. The van der Waals surface area contributed by atoms with Gasteiger partial charge >= 0.3 is 0 Å². The van der Waals surface area contributed by atoms with Crippen LogP contribution in [0.5, 0.6) is 0 Å². The predicted molar refractivity (Wildman–Crippen MR) is 50.2 cm³/mol. The lowest BCUT2D eigenvalue weighted by Gasteiger charge is -2.31. The number of pyridine rings is 1. The molecule has 0 radical (unpaired) electrons. The molecule has 0 spiro atoms. The van der Waals surface area contributed by atoms with Crippen LogP contribution in [0.3, 0.4) is 0 Å². The van der Waals surface area contributed by atoms with Gasteiger partial charge in [-0.05, 0) is 38.1 Å². The smallest absolute Gasteiger partial charge is 0.213 e. The number of halogens is 1. The summed E-state index contributed by atoms with van der Waals surface area (Å²) in [5, 5.41) is 13.3. The highest BCUT2D eigenvalue weighted by atomic mass is 19.1. The summed E-state index contributed by atoms with van der Waals surface area (Å²) in [6.07, 6.45) is 1.17. The SMILES string of the molecule is OC1(c2cccc(F)n2)CCNCC1. The highest BCUT2D eigenvalue weighted by Crippen LogP contribution is 2.28. The van der Waals surface area contributed by atoms with Crippen LogP contribution in [-0.2, 0) is 5.60 Å². The fourth-order valence-corrected chi connectivity index (χ4v) is 1.76. The molecule has 0 aromatic carbocycles. The van der Waals surface area contributed by atoms with Crippen molar-refractivity contribution in [1.82, 2.24) is 10.3 Å². The fraction of sp³-hybridized carbons (Fsp3) is 0.500. The van der Waals surface area contributed by atoms with Crippen molar-refractivity contribution in [3.8, 4) is 0 Å². The number of rotatable bonds is 1. The first kappa shape index (κ1) is 9.55. The summed E-state index contributed by atoms with van der Waals surface area (Å²) >= 11 is 0. The van der Waals surface area contributed by atoms with Gasteiger partial charge in [-0.15, -0.1) is 0 Å². The Kier molecular flexibility index (Phi) is 2.48. The van der Waals surface area contributed by atoms with Gasteiger partial charge in [-0.25, -0.2) is 4.98 Å². The third kappa shape index (κ3) is 1.76. The molecule has 1 aromatic rings. The van der Waals surface area contributed by atoms with E-state index in [2.05, 4.69) is 10.3 Å². The van der Waals surface area contributed by atoms with Crippen molar-refractivity contribution in [3.05, 3.63) is 29.8 Å². The number of aromatic nitrogens is 1. The van der Waals surface area contributed by atoms with Crippen molar-refractivity contribution in [2.75, 3.05) is 13.1 Å². The van der Waals surface area contributed by atoms with Crippen LogP contribution in [0.25, 0.3) is 0 Å². The first-order valence-electron chi connectivity index (χ1n) is 4.77. The molecule has 1 saturated heterocycles. The van der Waals surface area contributed by atoms with Gasteiger partial charge in [0.2, 0.25) is 5.95 Å². The van der Waals surface area contributed by atoms with Gasteiger partial charge in [-0.1, -0.05) is 6.07 Å². The minimum atomic E-state index is -0.951. The average Bonchev–Trinajstić information content (AvgIpc) is 2.19. The van der Waals surface area contributed by atoms with Crippen LogP contribution in [0, 0.1) is 5.95 Å². The van der Waals surface area contributed by atoms with Crippen LogP contribution < -0.4 is 5.32 Å². The number of nitrogens with zero attached hydrogens (tertiary/aromatic N) is 1. The molecule has 14 heavy (non-hydrogen) atoms. The van der Waals surface area contributed by atoms with E-state index in [-0.39, 0.29) is 0 Å². The molecule has 0 atom stereocenters. The summed E-state index contributed by atoms with van der Waals surface area (Å²) < 4.78 is 12.9. The van der Waals surface area contributed by atoms with Crippen molar-refractivity contribution < 1.29 is 9.50 Å². The van der Waals surface area contributed by atoms with Gasteiger partial charge < -0.3 is 10.4 Å². The zero-order valence-electron chi connectivity index (χ0n) is 7.83. The van der Waals surface area contributed by atoms with E-state index in [1.807, 2.05) is 0 Å². The van der Waals surface area contributed by atoms with E-state index < -0.39 is 11.5 Å². The predicted octanol–water partition coefficient (Wildman–Crippen LogP) is 0.792. The molecule has 1 aliphatic rings. The van der Waals surface area contributed by atoms with Crippen molar-refractivity contribution in [3.63, 3.8) is 0 Å². The van der Waals surface area contributed by atoms with E-state index in [0.29, 0.717) is 18.5 Å². The molecule has 3 nitrogen and oxygen atoms in total. The molecule has 1 aromatic heterocycles. The molecule has 2 N–H and O–H groups in total. The molecule has 0 amide bonds. The van der Waals surface area contributed by atoms with Crippen LogP contribution in [-0.4, -0.2) is 23.2 Å². The molecule has 1 aliphatic heterocycles. The second-order valence-electron chi connectivity index (χ2n) is 3.63. The summed E-state index contributed by atoms with van der Waals surface area (Å²) in [4.78, 5) is 3.72.